The summed E-state index contributed by atoms with van der Waals surface area (Å²) in [6, 6.07) is 1.10. The zero-order valence-electron chi connectivity index (χ0n) is 12.7. The van der Waals surface area contributed by atoms with Crippen molar-refractivity contribution in [1.82, 2.24) is 10.6 Å². The first-order valence-electron chi connectivity index (χ1n) is 7.01. The Morgan fingerprint density at radius 3 is 2.60 bits per heavy atom. The van der Waals surface area contributed by atoms with E-state index >= 15 is 0 Å². The van der Waals surface area contributed by atoms with E-state index < -0.39 is 35.9 Å². The molecular weight excluding hydrogens is 388 g/mol. The van der Waals surface area contributed by atoms with Gasteiger partial charge >= 0.3 is 18.2 Å². The number of hydrogen-bond acceptors (Lipinski definition) is 4. The van der Waals surface area contributed by atoms with Crippen LogP contribution in [-0.2, 0) is 9.53 Å². The molecule has 11 heteroatoms. The van der Waals surface area contributed by atoms with E-state index in [9.17, 15) is 27.9 Å². The topological polar surface area (TPSA) is 87.7 Å². The van der Waals surface area contributed by atoms with Gasteiger partial charge in [-0.05, 0) is 18.6 Å². The maximum Gasteiger partial charge on any atom is 0.437 e. The summed E-state index contributed by atoms with van der Waals surface area (Å²) in [7, 11) is 0. The molecule has 1 aliphatic heterocycles. The number of hydrogen-bond donors (Lipinski definition) is 3. The fraction of sp³-hybridized carbons (Fsp3) is 0.429. The molecule has 0 bridgehead atoms. The lowest BCUT2D eigenvalue weighted by Crippen LogP contribution is -2.73. The van der Waals surface area contributed by atoms with Crippen LogP contribution >= 0.6 is 23.2 Å². The third kappa shape index (κ3) is 3.49. The maximum atomic E-state index is 13.5. The van der Waals surface area contributed by atoms with Crippen LogP contribution in [0.2, 0.25) is 10.0 Å². The smallest absolute Gasteiger partial charge is 0.437 e. The number of carbonyl (C=O) groups excluding carboxylic acids is 2. The van der Waals surface area contributed by atoms with E-state index in [1.54, 1.807) is 0 Å². The van der Waals surface area contributed by atoms with Gasteiger partial charge in [-0.3, -0.25) is 4.79 Å². The van der Waals surface area contributed by atoms with Gasteiger partial charge in [0.1, 0.15) is 5.92 Å². The SMILES string of the molecule is CCOC(=O)[C@@H]1[C@H](c2cccc(Cl)c2Cl)NC(=O)N[C@@]1(O)C(F)(F)F. The fourth-order valence-electron chi connectivity index (χ4n) is 2.56. The van der Waals surface area contributed by atoms with Crippen LogP contribution in [0.1, 0.15) is 18.5 Å². The molecule has 2 amide bonds. The summed E-state index contributed by atoms with van der Waals surface area (Å²) in [5.74, 6) is -3.61. The van der Waals surface area contributed by atoms with Gasteiger partial charge in [-0.15, -0.1) is 0 Å². The van der Waals surface area contributed by atoms with Gasteiger partial charge in [-0.2, -0.15) is 13.2 Å². The first-order chi connectivity index (χ1) is 11.5. The number of halogens is 5. The van der Waals surface area contributed by atoms with Crippen molar-refractivity contribution in [1.29, 1.82) is 0 Å². The lowest BCUT2D eigenvalue weighted by Gasteiger charge is -2.44. The Morgan fingerprint density at radius 2 is 2.04 bits per heavy atom. The predicted octanol–water partition coefficient (Wildman–Crippen LogP) is 2.78. The number of benzene rings is 1. The summed E-state index contributed by atoms with van der Waals surface area (Å²) >= 11 is 11.9. The number of nitrogens with one attached hydrogen (secondary N) is 2. The van der Waals surface area contributed by atoms with Crippen LogP contribution in [0.4, 0.5) is 18.0 Å². The molecule has 3 atom stereocenters. The largest absolute Gasteiger partial charge is 0.466 e. The number of amides is 2. The van der Waals surface area contributed by atoms with Crippen molar-refractivity contribution in [2.45, 2.75) is 24.9 Å². The standard InChI is InChI=1S/C14H13Cl2F3N2O4/c1-2-25-11(22)8-10(6-4-3-5-7(15)9(6)16)20-12(23)21-13(8,24)14(17,18)19/h3-5,8,10,24H,2H2,1H3,(H2,20,21,23)/t8-,10-,13-/m0/s1. The number of ether oxygens (including phenoxy) is 1. The van der Waals surface area contributed by atoms with Crippen LogP contribution in [-0.4, -0.2) is 35.6 Å². The Labute approximate surface area is 150 Å². The minimum Gasteiger partial charge on any atom is -0.466 e. The fourth-order valence-corrected chi connectivity index (χ4v) is 2.98. The normalized spacial score (nSPS) is 26.6. The monoisotopic (exact) mass is 400 g/mol. The molecule has 25 heavy (non-hydrogen) atoms. The van der Waals surface area contributed by atoms with Gasteiger partial charge in [-0.25, -0.2) is 4.79 Å². The van der Waals surface area contributed by atoms with Crippen LogP contribution in [0, 0.1) is 5.92 Å². The Bertz CT molecular complexity index is 701. The molecule has 1 heterocycles. The molecule has 0 radical (unpaired) electrons. The van der Waals surface area contributed by atoms with Crippen molar-refractivity contribution in [2.24, 2.45) is 5.92 Å². The molecule has 138 valence electrons. The number of esters is 1. The zero-order valence-corrected chi connectivity index (χ0v) is 14.2. The molecule has 1 fully saturated rings. The predicted molar refractivity (Wildman–Crippen MR) is 82.0 cm³/mol. The number of alkyl halides is 3. The molecule has 0 unspecified atom stereocenters. The molecule has 3 N–H and O–H groups in total. The third-order valence-electron chi connectivity index (χ3n) is 3.66. The molecular formula is C14H13Cl2F3N2O4. The minimum atomic E-state index is -5.36. The van der Waals surface area contributed by atoms with Crippen LogP contribution in [0.3, 0.4) is 0 Å². The third-order valence-corrected chi connectivity index (χ3v) is 4.50. The van der Waals surface area contributed by atoms with E-state index in [4.69, 9.17) is 23.2 Å². The van der Waals surface area contributed by atoms with Crippen molar-refractivity contribution in [3.8, 4) is 0 Å². The van der Waals surface area contributed by atoms with Crippen molar-refractivity contribution in [3.63, 3.8) is 0 Å². The number of carbonyl (C=O) groups is 2. The van der Waals surface area contributed by atoms with Crippen molar-refractivity contribution >= 4 is 35.2 Å². The van der Waals surface area contributed by atoms with E-state index in [2.05, 4.69) is 10.1 Å². The van der Waals surface area contributed by atoms with Gasteiger partial charge in [0.25, 0.3) is 5.72 Å². The second-order valence-electron chi connectivity index (χ2n) is 5.21. The van der Waals surface area contributed by atoms with E-state index in [0.717, 1.165) is 0 Å². The highest BCUT2D eigenvalue weighted by atomic mass is 35.5. The first-order valence-corrected chi connectivity index (χ1v) is 7.76. The Morgan fingerprint density at radius 1 is 1.40 bits per heavy atom. The highest BCUT2D eigenvalue weighted by molar-refractivity contribution is 6.42. The summed E-state index contributed by atoms with van der Waals surface area (Å²) in [5, 5.41) is 13.5. The van der Waals surface area contributed by atoms with Gasteiger partial charge in [0.2, 0.25) is 0 Å². The lowest BCUT2D eigenvalue weighted by atomic mass is 9.82. The molecule has 6 nitrogen and oxygen atoms in total. The molecule has 0 saturated carbocycles. The van der Waals surface area contributed by atoms with Gasteiger partial charge < -0.3 is 20.5 Å². The van der Waals surface area contributed by atoms with Gasteiger partial charge in [-0.1, -0.05) is 35.3 Å². The lowest BCUT2D eigenvalue weighted by molar-refractivity contribution is -0.294. The quantitative estimate of drug-likeness (QED) is 0.680. The van der Waals surface area contributed by atoms with Crippen LogP contribution in [0.5, 0.6) is 0 Å². The Balaban J connectivity index is 2.64. The molecule has 1 saturated heterocycles. The molecule has 0 aromatic heterocycles. The summed E-state index contributed by atoms with van der Waals surface area (Å²) in [6.07, 6.45) is -5.36. The van der Waals surface area contributed by atoms with Crippen LogP contribution in [0.25, 0.3) is 0 Å². The van der Waals surface area contributed by atoms with E-state index in [1.807, 2.05) is 0 Å². The van der Waals surface area contributed by atoms with Crippen molar-refractivity contribution in [3.05, 3.63) is 33.8 Å². The Hall–Kier alpha value is -1.71. The van der Waals surface area contributed by atoms with Crippen LogP contribution < -0.4 is 10.6 Å². The zero-order chi connectivity index (χ0) is 19.0. The number of aliphatic hydroxyl groups is 1. The second-order valence-corrected chi connectivity index (χ2v) is 6.00. The minimum absolute atomic E-state index is 0.00473. The van der Waals surface area contributed by atoms with E-state index in [1.165, 1.54) is 30.4 Å². The highest BCUT2D eigenvalue weighted by Gasteiger charge is 2.67. The first kappa shape index (κ1) is 19.6. The van der Waals surface area contributed by atoms with Gasteiger partial charge in [0.05, 0.1) is 22.7 Å². The average molecular weight is 401 g/mol. The summed E-state index contributed by atoms with van der Waals surface area (Å²) in [5.41, 5.74) is -3.91. The maximum absolute atomic E-state index is 13.5. The number of urea groups is 1. The van der Waals surface area contributed by atoms with Crippen molar-refractivity contribution in [2.75, 3.05) is 6.61 Å². The van der Waals surface area contributed by atoms with Gasteiger partial charge in [0.15, 0.2) is 0 Å². The summed E-state index contributed by atoms with van der Waals surface area (Å²) in [6.45, 7) is 1.16. The van der Waals surface area contributed by atoms with E-state index in [0.29, 0.717) is 0 Å². The summed E-state index contributed by atoms with van der Waals surface area (Å²) in [4.78, 5) is 23.9. The average Bonchev–Trinajstić information content (AvgIpc) is 2.48. The number of rotatable bonds is 3. The molecule has 1 aromatic carbocycles. The molecule has 1 aliphatic rings. The van der Waals surface area contributed by atoms with Crippen molar-refractivity contribution < 1.29 is 32.6 Å². The molecule has 1 aromatic rings. The molecule has 2 rings (SSSR count). The Kier molecular flexibility index (Phi) is 5.41. The highest BCUT2D eigenvalue weighted by Crippen LogP contribution is 2.45. The van der Waals surface area contributed by atoms with Crippen LogP contribution in [0.15, 0.2) is 18.2 Å². The summed E-state index contributed by atoms with van der Waals surface area (Å²) < 4.78 is 45.0. The van der Waals surface area contributed by atoms with E-state index in [-0.39, 0.29) is 22.2 Å². The second kappa shape index (κ2) is 6.89. The molecule has 0 aliphatic carbocycles. The van der Waals surface area contributed by atoms with Gasteiger partial charge in [0, 0.05) is 0 Å². The molecule has 0 spiro atoms.